The van der Waals surface area contributed by atoms with Crippen LogP contribution in [-0.4, -0.2) is 29.6 Å². The van der Waals surface area contributed by atoms with Crippen LogP contribution in [0.2, 0.25) is 0 Å². The molecule has 1 aromatic carbocycles. The minimum atomic E-state index is -0.929. The highest BCUT2D eigenvalue weighted by Crippen LogP contribution is 2.31. The minimum Gasteiger partial charge on any atom is -0.497 e. The lowest BCUT2D eigenvalue weighted by atomic mass is 9.85. The first-order valence-corrected chi connectivity index (χ1v) is 6.79. The molecule has 1 amide bonds. The zero-order valence-electron chi connectivity index (χ0n) is 11.8. The molecule has 0 unspecified atom stereocenters. The number of rotatable bonds is 6. The highest BCUT2D eigenvalue weighted by molar-refractivity contribution is 5.79. The molecule has 0 aromatic heterocycles. The molecular weight excluding hydrogens is 277 g/mol. The number of carbonyl (C=O) groups excluding carboxylic acids is 1. The molecule has 2 rings (SSSR count). The Hall–Kier alpha value is -2.11. The number of carbonyl (C=O) groups is 2. The number of carboxylic acid groups (broad SMARTS) is 1. The Balaban J connectivity index is 2.22. The molecule has 6 heteroatoms. The molecule has 1 saturated heterocycles. The number of benzene rings is 1. The van der Waals surface area contributed by atoms with E-state index in [1.807, 2.05) is 0 Å². The second-order valence-corrected chi connectivity index (χ2v) is 5.36. The van der Waals surface area contributed by atoms with Crippen molar-refractivity contribution in [2.45, 2.75) is 37.6 Å². The van der Waals surface area contributed by atoms with Gasteiger partial charge in [-0.25, -0.2) is 4.39 Å². The molecule has 0 saturated carbocycles. The van der Waals surface area contributed by atoms with Crippen molar-refractivity contribution in [3.8, 4) is 5.75 Å². The fourth-order valence-corrected chi connectivity index (χ4v) is 2.71. The Morgan fingerprint density at radius 3 is 2.86 bits per heavy atom. The first-order chi connectivity index (χ1) is 9.94. The molecule has 21 heavy (non-hydrogen) atoms. The predicted octanol–water partition coefficient (Wildman–Crippen LogP) is 1.89. The minimum absolute atomic E-state index is 0.0636. The monoisotopic (exact) mass is 295 g/mol. The maximum absolute atomic E-state index is 13.9. The van der Waals surface area contributed by atoms with E-state index in [4.69, 9.17) is 9.84 Å². The molecule has 0 aliphatic carbocycles. The van der Waals surface area contributed by atoms with E-state index in [9.17, 15) is 14.0 Å². The lowest BCUT2D eigenvalue weighted by Gasteiger charge is -2.29. The maximum atomic E-state index is 13.9. The van der Waals surface area contributed by atoms with Crippen LogP contribution in [0.3, 0.4) is 0 Å². The second kappa shape index (κ2) is 6.11. The summed E-state index contributed by atoms with van der Waals surface area (Å²) in [6.45, 7) is 0. The molecule has 1 fully saturated rings. The van der Waals surface area contributed by atoms with Crippen molar-refractivity contribution in [1.29, 1.82) is 0 Å². The van der Waals surface area contributed by atoms with Gasteiger partial charge in [0.05, 0.1) is 7.11 Å². The average Bonchev–Trinajstić information content (AvgIpc) is 2.81. The summed E-state index contributed by atoms with van der Waals surface area (Å²) in [7, 11) is 1.49. The van der Waals surface area contributed by atoms with Crippen LogP contribution in [0.4, 0.5) is 4.39 Å². The van der Waals surface area contributed by atoms with Gasteiger partial charge in [-0.2, -0.15) is 0 Å². The molecule has 1 aromatic rings. The van der Waals surface area contributed by atoms with E-state index >= 15 is 0 Å². The van der Waals surface area contributed by atoms with Gasteiger partial charge in [0.25, 0.3) is 0 Å². The first-order valence-electron chi connectivity index (χ1n) is 6.79. The standard InChI is InChI=1S/C15H18FNO4/c1-21-11-2-3-12(16)10(8-11)9-15(7-5-14(19)20)6-4-13(18)17-15/h2-3,8H,4-7,9H2,1H3,(H,17,18)(H,19,20)/t15-/m0/s1. The van der Waals surface area contributed by atoms with Crippen molar-refractivity contribution >= 4 is 11.9 Å². The van der Waals surface area contributed by atoms with Crippen molar-refractivity contribution in [2.24, 2.45) is 0 Å². The summed E-state index contributed by atoms with van der Waals surface area (Å²) in [5, 5.41) is 11.7. The average molecular weight is 295 g/mol. The van der Waals surface area contributed by atoms with Gasteiger partial charge in [0.2, 0.25) is 5.91 Å². The Kier molecular flexibility index (Phi) is 4.45. The van der Waals surface area contributed by atoms with E-state index in [1.165, 1.54) is 19.2 Å². The van der Waals surface area contributed by atoms with Crippen LogP contribution in [0.1, 0.15) is 31.2 Å². The number of aliphatic carboxylic acids is 1. The van der Waals surface area contributed by atoms with Crippen LogP contribution < -0.4 is 10.1 Å². The summed E-state index contributed by atoms with van der Waals surface area (Å²) < 4.78 is 19.0. The van der Waals surface area contributed by atoms with Crippen molar-refractivity contribution in [3.05, 3.63) is 29.6 Å². The smallest absolute Gasteiger partial charge is 0.303 e. The van der Waals surface area contributed by atoms with Crippen molar-refractivity contribution in [2.75, 3.05) is 7.11 Å². The van der Waals surface area contributed by atoms with Crippen LogP contribution in [0.25, 0.3) is 0 Å². The van der Waals surface area contributed by atoms with Crippen LogP contribution in [0, 0.1) is 5.82 Å². The number of amides is 1. The van der Waals surface area contributed by atoms with E-state index < -0.39 is 11.5 Å². The highest BCUT2D eigenvalue weighted by atomic mass is 19.1. The van der Waals surface area contributed by atoms with Gasteiger partial charge in [-0.05, 0) is 43.0 Å². The third-order valence-electron chi connectivity index (χ3n) is 3.83. The highest BCUT2D eigenvalue weighted by Gasteiger charge is 2.38. The largest absolute Gasteiger partial charge is 0.497 e. The summed E-state index contributed by atoms with van der Waals surface area (Å²) in [5.41, 5.74) is -0.273. The lowest BCUT2D eigenvalue weighted by molar-refractivity contribution is -0.137. The number of carboxylic acids is 1. The predicted molar refractivity (Wildman–Crippen MR) is 73.6 cm³/mol. The fraction of sp³-hybridized carbons (Fsp3) is 0.467. The van der Waals surface area contributed by atoms with Gasteiger partial charge in [-0.1, -0.05) is 0 Å². The second-order valence-electron chi connectivity index (χ2n) is 5.36. The summed E-state index contributed by atoms with van der Waals surface area (Å²) >= 11 is 0. The van der Waals surface area contributed by atoms with Crippen LogP contribution in [0.5, 0.6) is 5.75 Å². The molecule has 1 atom stereocenters. The Bertz CT molecular complexity index is 561. The summed E-state index contributed by atoms with van der Waals surface area (Å²) in [5.74, 6) is -0.902. The first kappa shape index (κ1) is 15.3. The van der Waals surface area contributed by atoms with Crippen LogP contribution in [-0.2, 0) is 16.0 Å². The van der Waals surface area contributed by atoms with E-state index in [-0.39, 0.29) is 31.0 Å². The third kappa shape index (κ3) is 3.71. The number of nitrogens with one attached hydrogen (secondary N) is 1. The number of methoxy groups -OCH3 is 1. The molecule has 0 spiro atoms. The summed E-state index contributed by atoms with van der Waals surface area (Å²) in [6, 6.07) is 4.42. The fourth-order valence-electron chi connectivity index (χ4n) is 2.71. The molecule has 1 heterocycles. The molecule has 0 radical (unpaired) electrons. The van der Waals surface area contributed by atoms with Crippen molar-refractivity contribution < 1.29 is 23.8 Å². The van der Waals surface area contributed by atoms with Gasteiger partial charge in [0.1, 0.15) is 11.6 Å². The normalized spacial score (nSPS) is 21.1. The van der Waals surface area contributed by atoms with Gasteiger partial charge in [0, 0.05) is 18.4 Å². The van der Waals surface area contributed by atoms with Crippen LogP contribution in [0.15, 0.2) is 18.2 Å². The molecule has 114 valence electrons. The topological polar surface area (TPSA) is 75.6 Å². The Labute approximate surface area is 122 Å². The summed E-state index contributed by atoms with van der Waals surface area (Å²) in [6.07, 6.45) is 1.33. The van der Waals surface area contributed by atoms with E-state index in [0.29, 0.717) is 24.2 Å². The molecule has 2 N–H and O–H groups in total. The SMILES string of the molecule is COc1ccc(F)c(C[C@@]2(CCC(=O)O)CCC(=O)N2)c1. The van der Waals surface area contributed by atoms with Gasteiger partial charge >= 0.3 is 5.97 Å². The zero-order chi connectivity index (χ0) is 15.5. The quantitative estimate of drug-likeness (QED) is 0.840. The van der Waals surface area contributed by atoms with Gasteiger partial charge < -0.3 is 15.2 Å². The Morgan fingerprint density at radius 1 is 1.52 bits per heavy atom. The number of hydrogen-bond acceptors (Lipinski definition) is 3. The third-order valence-corrected chi connectivity index (χ3v) is 3.83. The lowest BCUT2D eigenvalue weighted by Crippen LogP contribution is -2.44. The molecule has 0 bridgehead atoms. The number of hydrogen-bond donors (Lipinski definition) is 2. The van der Waals surface area contributed by atoms with E-state index in [2.05, 4.69) is 5.32 Å². The zero-order valence-corrected chi connectivity index (χ0v) is 11.8. The van der Waals surface area contributed by atoms with E-state index in [0.717, 1.165) is 0 Å². The van der Waals surface area contributed by atoms with Gasteiger partial charge in [0.15, 0.2) is 0 Å². The number of ether oxygens (including phenoxy) is 1. The van der Waals surface area contributed by atoms with Crippen molar-refractivity contribution in [3.63, 3.8) is 0 Å². The molecule has 1 aliphatic rings. The molecular formula is C15H18FNO4. The Morgan fingerprint density at radius 2 is 2.29 bits per heavy atom. The number of halogens is 1. The molecule has 1 aliphatic heterocycles. The van der Waals surface area contributed by atoms with Crippen LogP contribution >= 0.6 is 0 Å². The summed E-state index contributed by atoms with van der Waals surface area (Å²) in [4.78, 5) is 22.3. The van der Waals surface area contributed by atoms with Crippen molar-refractivity contribution in [1.82, 2.24) is 5.32 Å². The molecule has 5 nitrogen and oxygen atoms in total. The van der Waals surface area contributed by atoms with E-state index in [1.54, 1.807) is 6.07 Å². The maximum Gasteiger partial charge on any atom is 0.303 e. The van der Waals surface area contributed by atoms with Gasteiger partial charge in [-0.15, -0.1) is 0 Å². The van der Waals surface area contributed by atoms with Gasteiger partial charge in [-0.3, -0.25) is 9.59 Å².